The standard InChI is InChI=1S/C20H23Cl2N.ClH/c1-2-15-3-5-16(6-4-15)17-9-11-23(12-10-17)14-18-7-8-19(21)13-20(18)22;/h3-8,13,17H,2,9-12,14H2,1H3;1H. The zero-order valence-electron chi connectivity index (χ0n) is 14.0. The first-order chi connectivity index (χ1) is 11.2. The van der Waals surface area contributed by atoms with Gasteiger partial charge in [-0.05, 0) is 67.1 Å². The molecule has 130 valence electrons. The lowest BCUT2D eigenvalue weighted by atomic mass is 9.88. The van der Waals surface area contributed by atoms with Crippen molar-refractivity contribution < 1.29 is 0 Å². The number of hydrogen-bond acceptors (Lipinski definition) is 1. The molecule has 0 N–H and O–H groups in total. The molecule has 1 aliphatic heterocycles. The van der Waals surface area contributed by atoms with Crippen LogP contribution < -0.4 is 0 Å². The summed E-state index contributed by atoms with van der Waals surface area (Å²) in [6.45, 7) is 5.37. The van der Waals surface area contributed by atoms with E-state index in [1.807, 2.05) is 18.2 Å². The molecule has 2 aromatic carbocycles. The summed E-state index contributed by atoms with van der Waals surface area (Å²) in [6.07, 6.45) is 3.55. The smallest absolute Gasteiger partial charge is 0.0465 e. The minimum Gasteiger partial charge on any atom is -0.299 e. The molecule has 24 heavy (non-hydrogen) atoms. The van der Waals surface area contributed by atoms with E-state index in [0.29, 0.717) is 10.9 Å². The summed E-state index contributed by atoms with van der Waals surface area (Å²) in [5, 5.41) is 1.47. The Morgan fingerprint density at radius 3 is 2.25 bits per heavy atom. The number of aryl methyl sites for hydroxylation is 1. The van der Waals surface area contributed by atoms with Crippen molar-refractivity contribution in [3.63, 3.8) is 0 Å². The van der Waals surface area contributed by atoms with Crippen LogP contribution in [0.5, 0.6) is 0 Å². The molecule has 1 aliphatic rings. The lowest BCUT2D eigenvalue weighted by Gasteiger charge is -2.32. The fraction of sp³-hybridized carbons (Fsp3) is 0.400. The Morgan fingerprint density at radius 2 is 1.67 bits per heavy atom. The number of hydrogen-bond donors (Lipinski definition) is 0. The second-order valence-electron chi connectivity index (χ2n) is 6.38. The number of piperidine rings is 1. The van der Waals surface area contributed by atoms with Gasteiger partial charge in [-0.25, -0.2) is 0 Å². The molecular weight excluding hydrogens is 361 g/mol. The van der Waals surface area contributed by atoms with Gasteiger partial charge in [-0.15, -0.1) is 12.4 Å². The molecule has 1 nitrogen and oxygen atoms in total. The third-order valence-electron chi connectivity index (χ3n) is 4.86. The van der Waals surface area contributed by atoms with Crippen molar-refractivity contribution in [3.8, 4) is 0 Å². The minimum atomic E-state index is 0. The molecule has 0 unspecified atom stereocenters. The SMILES string of the molecule is CCc1ccc(C2CCN(Cc3ccc(Cl)cc3Cl)CC2)cc1.Cl. The Bertz CT molecular complexity index is 646. The van der Waals surface area contributed by atoms with Gasteiger partial charge in [-0.2, -0.15) is 0 Å². The first-order valence-corrected chi connectivity index (χ1v) is 9.16. The fourth-order valence-corrected chi connectivity index (χ4v) is 3.81. The third kappa shape index (κ3) is 4.89. The van der Waals surface area contributed by atoms with E-state index in [9.17, 15) is 0 Å². The van der Waals surface area contributed by atoms with Gasteiger partial charge in [-0.1, -0.05) is 60.5 Å². The predicted molar refractivity (Wildman–Crippen MR) is 107 cm³/mol. The highest BCUT2D eigenvalue weighted by Gasteiger charge is 2.21. The number of benzene rings is 2. The van der Waals surface area contributed by atoms with E-state index in [4.69, 9.17) is 23.2 Å². The molecule has 0 saturated carbocycles. The van der Waals surface area contributed by atoms with Crippen molar-refractivity contribution in [1.29, 1.82) is 0 Å². The molecule has 4 heteroatoms. The highest BCUT2D eigenvalue weighted by Crippen LogP contribution is 2.30. The van der Waals surface area contributed by atoms with Crippen LogP contribution in [0.4, 0.5) is 0 Å². The summed E-state index contributed by atoms with van der Waals surface area (Å²) in [7, 11) is 0. The van der Waals surface area contributed by atoms with Crippen molar-refractivity contribution in [2.24, 2.45) is 0 Å². The Balaban J connectivity index is 0.00000208. The van der Waals surface area contributed by atoms with E-state index in [-0.39, 0.29) is 12.4 Å². The van der Waals surface area contributed by atoms with Crippen LogP contribution >= 0.6 is 35.6 Å². The van der Waals surface area contributed by atoms with Gasteiger partial charge < -0.3 is 0 Å². The van der Waals surface area contributed by atoms with Crippen molar-refractivity contribution in [2.75, 3.05) is 13.1 Å². The Kier molecular flexibility index (Phi) is 7.43. The molecule has 0 spiro atoms. The molecule has 2 aromatic rings. The molecule has 1 heterocycles. The van der Waals surface area contributed by atoms with Crippen LogP contribution in [0.1, 0.15) is 42.4 Å². The molecule has 0 radical (unpaired) electrons. The van der Waals surface area contributed by atoms with Gasteiger partial charge in [0.15, 0.2) is 0 Å². The van der Waals surface area contributed by atoms with Gasteiger partial charge in [0.05, 0.1) is 0 Å². The second-order valence-corrected chi connectivity index (χ2v) is 7.22. The largest absolute Gasteiger partial charge is 0.299 e. The summed E-state index contributed by atoms with van der Waals surface area (Å²) < 4.78 is 0. The van der Waals surface area contributed by atoms with Crippen LogP contribution in [0.25, 0.3) is 0 Å². The fourth-order valence-electron chi connectivity index (χ4n) is 3.34. The third-order valence-corrected chi connectivity index (χ3v) is 5.44. The highest BCUT2D eigenvalue weighted by atomic mass is 35.5. The molecule has 0 aromatic heterocycles. The monoisotopic (exact) mass is 383 g/mol. The van der Waals surface area contributed by atoms with Gasteiger partial charge in [0.1, 0.15) is 0 Å². The average Bonchev–Trinajstić information content (AvgIpc) is 2.58. The predicted octanol–water partition coefficient (Wildman–Crippen LogP) is 6.36. The number of likely N-dealkylation sites (tertiary alicyclic amines) is 1. The van der Waals surface area contributed by atoms with Gasteiger partial charge in [0.2, 0.25) is 0 Å². The molecule has 1 saturated heterocycles. The summed E-state index contributed by atoms with van der Waals surface area (Å²) in [6, 6.07) is 15.0. The van der Waals surface area contributed by atoms with Crippen LogP contribution in [-0.4, -0.2) is 18.0 Å². The summed E-state index contributed by atoms with van der Waals surface area (Å²) >= 11 is 12.3. The summed E-state index contributed by atoms with van der Waals surface area (Å²) in [5.74, 6) is 0.692. The lowest BCUT2D eigenvalue weighted by Crippen LogP contribution is -2.32. The molecule has 3 rings (SSSR count). The Morgan fingerprint density at radius 1 is 1.00 bits per heavy atom. The van der Waals surface area contributed by atoms with Crippen molar-refractivity contribution in [1.82, 2.24) is 4.90 Å². The van der Waals surface area contributed by atoms with Crippen LogP contribution in [-0.2, 0) is 13.0 Å². The van der Waals surface area contributed by atoms with E-state index >= 15 is 0 Å². The van der Waals surface area contributed by atoms with E-state index in [0.717, 1.165) is 31.1 Å². The molecule has 1 fully saturated rings. The van der Waals surface area contributed by atoms with Gasteiger partial charge in [0, 0.05) is 16.6 Å². The van der Waals surface area contributed by atoms with Crippen molar-refractivity contribution in [3.05, 3.63) is 69.2 Å². The van der Waals surface area contributed by atoms with Crippen LogP contribution in [0.2, 0.25) is 10.0 Å². The van der Waals surface area contributed by atoms with E-state index in [1.54, 1.807) is 0 Å². The number of nitrogens with zero attached hydrogens (tertiary/aromatic N) is 1. The van der Waals surface area contributed by atoms with Gasteiger partial charge in [-0.3, -0.25) is 4.90 Å². The maximum atomic E-state index is 6.29. The minimum absolute atomic E-state index is 0. The van der Waals surface area contributed by atoms with E-state index in [1.165, 1.54) is 29.5 Å². The molecule has 0 atom stereocenters. The molecule has 0 aliphatic carbocycles. The van der Waals surface area contributed by atoms with Crippen molar-refractivity contribution in [2.45, 2.75) is 38.6 Å². The van der Waals surface area contributed by atoms with Crippen LogP contribution in [0.15, 0.2) is 42.5 Å². The molecule has 0 amide bonds. The topological polar surface area (TPSA) is 3.24 Å². The highest BCUT2D eigenvalue weighted by molar-refractivity contribution is 6.35. The summed E-state index contributed by atoms with van der Waals surface area (Å²) in [4.78, 5) is 2.49. The first-order valence-electron chi connectivity index (χ1n) is 8.41. The Hall–Kier alpha value is -0.730. The lowest BCUT2D eigenvalue weighted by molar-refractivity contribution is 0.204. The average molecular weight is 385 g/mol. The zero-order valence-corrected chi connectivity index (χ0v) is 16.3. The van der Waals surface area contributed by atoms with E-state index in [2.05, 4.69) is 36.1 Å². The van der Waals surface area contributed by atoms with Crippen LogP contribution in [0.3, 0.4) is 0 Å². The maximum Gasteiger partial charge on any atom is 0.0465 e. The molecule has 0 bridgehead atoms. The van der Waals surface area contributed by atoms with Gasteiger partial charge in [0.25, 0.3) is 0 Å². The molecular formula is C20H24Cl3N. The summed E-state index contributed by atoms with van der Waals surface area (Å²) in [5.41, 5.74) is 4.08. The zero-order chi connectivity index (χ0) is 16.2. The van der Waals surface area contributed by atoms with Gasteiger partial charge >= 0.3 is 0 Å². The maximum absolute atomic E-state index is 6.29. The van der Waals surface area contributed by atoms with Crippen molar-refractivity contribution >= 4 is 35.6 Å². The number of halogens is 3. The van der Waals surface area contributed by atoms with E-state index < -0.39 is 0 Å². The first kappa shape index (κ1) is 19.6. The second kappa shape index (κ2) is 9.10. The quantitative estimate of drug-likeness (QED) is 0.593. The van der Waals surface area contributed by atoms with Crippen LogP contribution in [0, 0.1) is 0 Å². The Labute approximate surface area is 161 Å². The number of rotatable bonds is 4. The normalized spacial score (nSPS) is 16.0.